The maximum Gasteiger partial charge on any atom is 0.0898 e. The summed E-state index contributed by atoms with van der Waals surface area (Å²) in [5.41, 5.74) is 1.26. The molecule has 16 heavy (non-hydrogen) atoms. The second-order valence-electron chi connectivity index (χ2n) is 5.10. The first-order valence-corrected chi connectivity index (χ1v) is 6.99. The number of hydrogen-bond acceptors (Lipinski definition) is 4. The van der Waals surface area contributed by atoms with E-state index in [4.69, 9.17) is 0 Å². The molecule has 2 saturated heterocycles. The molecule has 3 heterocycles. The van der Waals surface area contributed by atoms with Gasteiger partial charge in [-0.1, -0.05) is 0 Å². The Kier molecular flexibility index (Phi) is 2.73. The lowest BCUT2D eigenvalue weighted by molar-refractivity contribution is 0.240. The molecular weight excluding hydrogens is 218 g/mol. The number of fused-ring (bicyclic) bond motifs is 1. The maximum atomic E-state index is 4.61. The average molecular weight is 237 g/mol. The highest BCUT2D eigenvalue weighted by molar-refractivity contribution is 7.09. The number of likely N-dealkylation sites (tertiary alicyclic amines) is 1. The number of nitrogens with one attached hydrogen (secondary N) is 1. The zero-order chi connectivity index (χ0) is 11.1. The Balaban J connectivity index is 1.70. The average Bonchev–Trinajstić information content (AvgIpc) is 2.89. The van der Waals surface area contributed by atoms with Crippen molar-refractivity contribution < 1.29 is 0 Å². The summed E-state index contributed by atoms with van der Waals surface area (Å²) in [6.45, 7) is 9.30. The Hall–Kier alpha value is -0.450. The van der Waals surface area contributed by atoms with Gasteiger partial charge >= 0.3 is 0 Å². The van der Waals surface area contributed by atoms with Crippen molar-refractivity contribution >= 4 is 11.3 Å². The van der Waals surface area contributed by atoms with Crippen LogP contribution in [0.5, 0.6) is 0 Å². The minimum absolute atomic E-state index is 0.496. The van der Waals surface area contributed by atoms with Crippen molar-refractivity contribution in [1.29, 1.82) is 0 Å². The molecule has 0 aromatic carbocycles. The third-order valence-corrected chi connectivity index (χ3v) is 4.82. The summed E-state index contributed by atoms with van der Waals surface area (Å²) in [7, 11) is 0. The van der Waals surface area contributed by atoms with E-state index in [1.165, 1.54) is 36.9 Å². The molecule has 2 fully saturated rings. The fraction of sp³-hybridized carbons (Fsp3) is 0.750. The van der Waals surface area contributed by atoms with Crippen molar-refractivity contribution in [2.45, 2.75) is 19.9 Å². The molecule has 1 aromatic rings. The highest BCUT2D eigenvalue weighted by Gasteiger charge is 2.38. The first-order valence-electron chi connectivity index (χ1n) is 6.11. The molecule has 4 heteroatoms. The molecule has 3 unspecified atom stereocenters. The van der Waals surface area contributed by atoms with Crippen LogP contribution in [0.1, 0.15) is 23.7 Å². The van der Waals surface area contributed by atoms with Crippen LogP contribution < -0.4 is 5.32 Å². The smallest absolute Gasteiger partial charge is 0.0898 e. The van der Waals surface area contributed by atoms with Crippen LogP contribution in [-0.4, -0.2) is 36.1 Å². The maximum absolute atomic E-state index is 4.61. The lowest BCUT2D eigenvalue weighted by Crippen LogP contribution is -2.28. The Morgan fingerprint density at radius 2 is 2.12 bits per heavy atom. The zero-order valence-corrected chi connectivity index (χ0v) is 10.8. The monoisotopic (exact) mass is 237 g/mol. The molecule has 1 N–H and O–H groups in total. The third kappa shape index (κ3) is 1.79. The molecule has 2 aliphatic heterocycles. The van der Waals surface area contributed by atoms with E-state index in [2.05, 4.69) is 34.4 Å². The van der Waals surface area contributed by atoms with E-state index >= 15 is 0 Å². The summed E-state index contributed by atoms with van der Waals surface area (Å²) < 4.78 is 0. The van der Waals surface area contributed by atoms with E-state index in [-0.39, 0.29) is 0 Å². The van der Waals surface area contributed by atoms with Crippen LogP contribution >= 0.6 is 11.3 Å². The van der Waals surface area contributed by atoms with E-state index in [9.17, 15) is 0 Å². The van der Waals surface area contributed by atoms with Crippen molar-refractivity contribution in [3.63, 3.8) is 0 Å². The number of nitrogens with zero attached hydrogens (tertiary/aromatic N) is 2. The normalized spacial score (nSPS) is 31.9. The van der Waals surface area contributed by atoms with Crippen LogP contribution in [0.25, 0.3) is 0 Å². The van der Waals surface area contributed by atoms with Crippen molar-refractivity contribution in [3.8, 4) is 0 Å². The van der Waals surface area contributed by atoms with E-state index in [0.717, 1.165) is 11.8 Å². The lowest BCUT2D eigenvalue weighted by Gasteiger charge is -2.23. The van der Waals surface area contributed by atoms with Crippen LogP contribution in [0, 0.1) is 18.8 Å². The van der Waals surface area contributed by atoms with Gasteiger partial charge in [-0.15, -0.1) is 11.3 Å². The lowest BCUT2D eigenvalue weighted by atomic mass is 10.0. The molecular formula is C12H19N3S. The van der Waals surface area contributed by atoms with Crippen molar-refractivity contribution in [2.24, 2.45) is 11.8 Å². The number of aryl methyl sites for hydroxylation is 1. The summed E-state index contributed by atoms with van der Waals surface area (Å²) in [5.74, 6) is 1.75. The SMILES string of the molecule is Cc1nc(C(C)N2CC3CNCC3C2)cs1. The third-order valence-electron chi connectivity index (χ3n) is 4.03. The molecule has 2 aliphatic rings. The Labute approximate surface area is 101 Å². The molecule has 0 aliphatic carbocycles. The van der Waals surface area contributed by atoms with Crippen LogP contribution in [0.3, 0.4) is 0 Å². The molecule has 0 saturated carbocycles. The van der Waals surface area contributed by atoms with Gasteiger partial charge in [-0.05, 0) is 38.8 Å². The van der Waals surface area contributed by atoms with Gasteiger partial charge in [0.15, 0.2) is 0 Å². The van der Waals surface area contributed by atoms with Gasteiger partial charge in [0.25, 0.3) is 0 Å². The zero-order valence-electron chi connectivity index (χ0n) is 9.94. The number of thiazole rings is 1. The van der Waals surface area contributed by atoms with Crippen molar-refractivity contribution in [2.75, 3.05) is 26.2 Å². The molecule has 0 amide bonds. The van der Waals surface area contributed by atoms with Crippen molar-refractivity contribution in [3.05, 3.63) is 16.1 Å². The summed E-state index contributed by atoms with van der Waals surface area (Å²) in [5, 5.41) is 6.89. The minimum atomic E-state index is 0.496. The Morgan fingerprint density at radius 3 is 2.69 bits per heavy atom. The molecule has 1 aromatic heterocycles. The Bertz CT molecular complexity index is 364. The quantitative estimate of drug-likeness (QED) is 0.848. The van der Waals surface area contributed by atoms with Gasteiger partial charge in [-0.2, -0.15) is 0 Å². The van der Waals surface area contributed by atoms with Crippen LogP contribution in [0.4, 0.5) is 0 Å². The van der Waals surface area contributed by atoms with Crippen LogP contribution in [-0.2, 0) is 0 Å². The largest absolute Gasteiger partial charge is 0.316 e. The molecule has 3 atom stereocenters. The number of rotatable bonds is 2. The Morgan fingerprint density at radius 1 is 1.44 bits per heavy atom. The molecule has 88 valence electrons. The van der Waals surface area contributed by atoms with Crippen LogP contribution in [0.2, 0.25) is 0 Å². The van der Waals surface area contributed by atoms with E-state index in [0.29, 0.717) is 6.04 Å². The molecule has 3 nitrogen and oxygen atoms in total. The number of aromatic nitrogens is 1. The predicted molar refractivity (Wildman–Crippen MR) is 66.7 cm³/mol. The van der Waals surface area contributed by atoms with E-state index in [1.54, 1.807) is 11.3 Å². The summed E-state index contributed by atoms with van der Waals surface area (Å²) >= 11 is 1.76. The first kappa shape index (κ1) is 10.7. The highest BCUT2D eigenvalue weighted by Crippen LogP contribution is 2.32. The van der Waals surface area contributed by atoms with Gasteiger partial charge in [0, 0.05) is 18.5 Å². The van der Waals surface area contributed by atoms with Crippen molar-refractivity contribution in [1.82, 2.24) is 15.2 Å². The summed E-state index contributed by atoms with van der Waals surface area (Å²) in [4.78, 5) is 7.21. The standard InChI is InChI=1S/C12H19N3S/c1-8(12-7-16-9(2)14-12)15-5-10-3-13-4-11(10)6-15/h7-8,10-11,13H,3-6H2,1-2H3. The van der Waals surface area contributed by atoms with Gasteiger partial charge in [0.2, 0.25) is 0 Å². The molecule has 0 radical (unpaired) electrons. The second-order valence-corrected chi connectivity index (χ2v) is 6.16. The fourth-order valence-corrected chi connectivity index (χ4v) is 3.67. The van der Waals surface area contributed by atoms with Gasteiger partial charge in [0.05, 0.1) is 16.7 Å². The van der Waals surface area contributed by atoms with Crippen LogP contribution in [0.15, 0.2) is 5.38 Å². The van der Waals surface area contributed by atoms with E-state index < -0.39 is 0 Å². The van der Waals surface area contributed by atoms with Gasteiger partial charge in [0.1, 0.15) is 0 Å². The molecule has 0 spiro atoms. The molecule has 3 rings (SSSR count). The predicted octanol–water partition coefficient (Wildman–Crippen LogP) is 1.66. The highest BCUT2D eigenvalue weighted by atomic mass is 32.1. The summed E-state index contributed by atoms with van der Waals surface area (Å²) in [6, 6.07) is 0.496. The number of hydrogen-bond donors (Lipinski definition) is 1. The second kappa shape index (κ2) is 4.09. The summed E-state index contributed by atoms with van der Waals surface area (Å²) in [6.07, 6.45) is 0. The van der Waals surface area contributed by atoms with Gasteiger partial charge in [-0.25, -0.2) is 4.98 Å². The molecule has 0 bridgehead atoms. The first-order chi connectivity index (χ1) is 7.74. The minimum Gasteiger partial charge on any atom is -0.316 e. The fourth-order valence-electron chi connectivity index (χ4n) is 2.97. The topological polar surface area (TPSA) is 28.2 Å². The van der Waals surface area contributed by atoms with Gasteiger partial charge < -0.3 is 5.32 Å². The van der Waals surface area contributed by atoms with E-state index in [1.807, 2.05) is 0 Å². The van der Waals surface area contributed by atoms with Gasteiger partial charge in [-0.3, -0.25) is 4.90 Å².